The van der Waals surface area contributed by atoms with Crippen LogP contribution in [-0.2, 0) is 9.47 Å². The fourth-order valence-corrected chi connectivity index (χ4v) is 3.89. The molecule has 2 atom stereocenters. The van der Waals surface area contributed by atoms with Crippen LogP contribution in [0, 0.1) is 0 Å². The van der Waals surface area contributed by atoms with Crippen LogP contribution in [0.3, 0.4) is 0 Å². The molecule has 1 aliphatic rings. The average Bonchev–Trinajstić information content (AvgIpc) is 3.30. The number of hydrogen-bond donors (Lipinski definition) is 2. The third-order valence-electron chi connectivity index (χ3n) is 4.99. The van der Waals surface area contributed by atoms with Gasteiger partial charge < -0.3 is 19.8 Å². The lowest BCUT2D eigenvalue weighted by molar-refractivity contribution is 0.0892. The lowest BCUT2D eigenvalue weighted by atomic mass is 10.1. The Balaban J connectivity index is 1.56. The Kier molecular flexibility index (Phi) is 6.04. The van der Waals surface area contributed by atoms with Crippen molar-refractivity contribution in [1.82, 2.24) is 15.3 Å². The van der Waals surface area contributed by atoms with Gasteiger partial charge in [0.2, 0.25) is 0 Å². The monoisotopic (exact) mass is 462 g/mol. The van der Waals surface area contributed by atoms with Crippen LogP contribution in [0.25, 0.3) is 11.0 Å². The fourth-order valence-electron chi connectivity index (χ4n) is 3.46. The predicted octanol–water partition coefficient (Wildman–Crippen LogP) is 4.33. The number of nitrogens with one attached hydrogen (secondary N) is 2. The summed E-state index contributed by atoms with van der Waals surface area (Å²) in [5, 5.41) is 3.76. The Morgan fingerprint density at radius 2 is 2.16 bits per heavy atom. The number of carbonyl (C=O) groups excluding carboxylic acids is 2. The minimum Gasteiger partial charge on any atom is -0.447 e. The number of imidazole rings is 1. The molecule has 0 aliphatic carbocycles. The van der Waals surface area contributed by atoms with Gasteiger partial charge in [-0.3, -0.25) is 9.69 Å². The SMILES string of the molecule is COC[C@H](NC(=O)c1ccc(N2C(=O)OCC2C)c(Cl)c1)c1nc2cc(Cl)ccc2[nH]1. The molecule has 2 N–H and O–H groups in total. The molecule has 10 heteroatoms. The quantitative estimate of drug-likeness (QED) is 0.567. The Labute approximate surface area is 188 Å². The largest absolute Gasteiger partial charge is 0.447 e. The molecular formula is C21H20Cl2N4O4. The third kappa shape index (κ3) is 4.32. The van der Waals surface area contributed by atoms with Gasteiger partial charge in [-0.2, -0.15) is 0 Å². The maximum atomic E-state index is 12.9. The maximum absolute atomic E-state index is 12.9. The number of rotatable bonds is 6. The molecule has 0 spiro atoms. The van der Waals surface area contributed by atoms with Crippen LogP contribution in [0.15, 0.2) is 36.4 Å². The number of amides is 2. The number of aromatic amines is 1. The van der Waals surface area contributed by atoms with Crippen molar-refractivity contribution in [2.45, 2.75) is 19.0 Å². The minimum atomic E-state index is -0.518. The average molecular weight is 463 g/mol. The van der Waals surface area contributed by atoms with E-state index in [0.29, 0.717) is 34.2 Å². The second kappa shape index (κ2) is 8.74. The van der Waals surface area contributed by atoms with Crippen molar-refractivity contribution < 1.29 is 19.1 Å². The molecule has 2 amide bonds. The highest BCUT2D eigenvalue weighted by atomic mass is 35.5. The van der Waals surface area contributed by atoms with Crippen LogP contribution in [-0.4, -0.2) is 48.3 Å². The number of benzene rings is 2. The van der Waals surface area contributed by atoms with Crippen molar-refractivity contribution in [3.63, 3.8) is 0 Å². The van der Waals surface area contributed by atoms with Crippen molar-refractivity contribution >= 4 is 51.9 Å². The van der Waals surface area contributed by atoms with Crippen molar-refractivity contribution in [3.8, 4) is 0 Å². The zero-order valence-corrected chi connectivity index (χ0v) is 18.3. The Hall–Kier alpha value is -2.81. The van der Waals surface area contributed by atoms with Gasteiger partial charge in [0.05, 0.1) is 34.4 Å². The van der Waals surface area contributed by atoms with Gasteiger partial charge in [-0.05, 0) is 43.3 Å². The van der Waals surface area contributed by atoms with Crippen LogP contribution < -0.4 is 10.2 Å². The number of fused-ring (bicyclic) bond motifs is 1. The van der Waals surface area contributed by atoms with E-state index >= 15 is 0 Å². The summed E-state index contributed by atoms with van der Waals surface area (Å²) in [5.74, 6) is 0.190. The number of anilines is 1. The molecule has 31 heavy (non-hydrogen) atoms. The van der Waals surface area contributed by atoms with E-state index in [1.165, 1.54) is 11.0 Å². The highest BCUT2D eigenvalue weighted by Crippen LogP contribution is 2.31. The Morgan fingerprint density at radius 1 is 1.35 bits per heavy atom. The molecule has 1 aliphatic heterocycles. The van der Waals surface area contributed by atoms with Crippen molar-refractivity contribution in [1.29, 1.82) is 0 Å². The molecule has 4 rings (SSSR count). The highest BCUT2D eigenvalue weighted by Gasteiger charge is 2.32. The first-order chi connectivity index (χ1) is 14.9. The predicted molar refractivity (Wildman–Crippen MR) is 118 cm³/mol. The number of nitrogens with zero attached hydrogens (tertiary/aromatic N) is 2. The van der Waals surface area contributed by atoms with Crippen LogP contribution in [0.2, 0.25) is 10.0 Å². The van der Waals surface area contributed by atoms with Crippen molar-refractivity contribution in [3.05, 3.63) is 57.8 Å². The molecule has 2 aromatic carbocycles. The molecule has 1 fully saturated rings. The van der Waals surface area contributed by atoms with Gasteiger partial charge in [0.15, 0.2) is 0 Å². The second-order valence-electron chi connectivity index (χ2n) is 7.23. The number of H-pyrrole nitrogens is 1. The molecule has 8 nitrogen and oxygen atoms in total. The van der Waals surface area contributed by atoms with Crippen molar-refractivity contribution in [2.24, 2.45) is 0 Å². The van der Waals surface area contributed by atoms with Crippen LogP contribution in [0.1, 0.15) is 29.1 Å². The number of halogens is 2. The van der Waals surface area contributed by atoms with E-state index in [9.17, 15) is 9.59 Å². The first kappa shape index (κ1) is 21.4. The van der Waals surface area contributed by atoms with Gasteiger partial charge in [0.1, 0.15) is 18.5 Å². The summed E-state index contributed by atoms with van der Waals surface area (Å²) in [5.41, 5.74) is 2.33. The van der Waals surface area contributed by atoms with Gasteiger partial charge in [-0.15, -0.1) is 0 Å². The zero-order chi connectivity index (χ0) is 22.1. The molecule has 2 heterocycles. The molecule has 1 aromatic heterocycles. The molecule has 0 radical (unpaired) electrons. The first-order valence-corrected chi connectivity index (χ1v) is 10.3. The summed E-state index contributed by atoms with van der Waals surface area (Å²) >= 11 is 12.4. The smallest absolute Gasteiger partial charge is 0.414 e. The van der Waals surface area contributed by atoms with Crippen molar-refractivity contribution in [2.75, 3.05) is 25.2 Å². The summed E-state index contributed by atoms with van der Waals surface area (Å²) in [6, 6.07) is 9.43. The number of aromatic nitrogens is 2. The molecule has 162 valence electrons. The molecular weight excluding hydrogens is 443 g/mol. The third-order valence-corrected chi connectivity index (χ3v) is 5.52. The fraction of sp³-hybridized carbons (Fsp3) is 0.286. The summed E-state index contributed by atoms with van der Waals surface area (Å²) in [6.07, 6.45) is -0.461. The first-order valence-electron chi connectivity index (χ1n) is 9.58. The number of ether oxygens (including phenoxy) is 2. The Bertz CT molecular complexity index is 1150. The number of methoxy groups -OCH3 is 1. The summed E-state index contributed by atoms with van der Waals surface area (Å²) < 4.78 is 10.3. The number of hydrogen-bond acceptors (Lipinski definition) is 5. The minimum absolute atomic E-state index is 0.141. The van der Waals surface area contributed by atoms with E-state index in [1.807, 2.05) is 13.0 Å². The van der Waals surface area contributed by atoms with Gasteiger partial charge in [0.25, 0.3) is 5.91 Å². The normalized spacial score (nSPS) is 17.1. The summed E-state index contributed by atoms with van der Waals surface area (Å²) in [4.78, 5) is 34.0. The van der Waals surface area contributed by atoms with E-state index in [2.05, 4.69) is 15.3 Å². The van der Waals surface area contributed by atoms with Gasteiger partial charge >= 0.3 is 6.09 Å². The van der Waals surface area contributed by atoms with Crippen LogP contribution in [0.5, 0.6) is 0 Å². The lowest BCUT2D eigenvalue weighted by Crippen LogP contribution is -2.33. The summed E-state index contributed by atoms with van der Waals surface area (Å²) in [6.45, 7) is 2.36. The number of carbonyl (C=O) groups is 2. The zero-order valence-electron chi connectivity index (χ0n) is 16.8. The van der Waals surface area contributed by atoms with E-state index < -0.39 is 12.1 Å². The Morgan fingerprint density at radius 3 is 2.84 bits per heavy atom. The standard InChI is InChI=1S/C21H20Cl2N4O4/c1-11-9-31-21(29)27(11)18-6-3-12(7-14(18)23)20(28)26-17(10-30-2)19-24-15-5-4-13(22)8-16(15)25-19/h3-8,11,17H,9-10H2,1-2H3,(H,24,25)(H,26,28)/t11?,17-/m0/s1. The van der Waals surface area contributed by atoms with E-state index in [-0.39, 0.29) is 23.6 Å². The molecule has 0 bridgehead atoms. The topological polar surface area (TPSA) is 96.6 Å². The van der Waals surface area contributed by atoms with Gasteiger partial charge in [-0.25, -0.2) is 9.78 Å². The van der Waals surface area contributed by atoms with E-state index in [4.69, 9.17) is 32.7 Å². The van der Waals surface area contributed by atoms with E-state index in [0.717, 1.165) is 5.52 Å². The molecule has 3 aromatic rings. The van der Waals surface area contributed by atoms with Gasteiger partial charge in [-0.1, -0.05) is 23.2 Å². The summed E-state index contributed by atoms with van der Waals surface area (Å²) in [7, 11) is 1.54. The number of cyclic esters (lactones) is 1. The van der Waals surface area contributed by atoms with Gasteiger partial charge in [0, 0.05) is 17.7 Å². The van der Waals surface area contributed by atoms with Crippen LogP contribution in [0.4, 0.5) is 10.5 Å². The highest BCUT2D eigenvalue weighted by molar-refractivity contribution is 6.34. The second-order valence-corrected chi connectivity index (χ2v) is 8.07. The van der Waals surface area contributed by atoms with E-state index in [1.54, 1.807) is 31.4 Å². The lowest BCUT2D eigenvalue weighted by Gasteiger charge is -2.20. The molecule has 1 saturated heterocycles. The molecule has 0 saturated carbocycles. The maximum Gasteiger partial charge on any atom is 0.414 e. The molecule has 1 unspecified atom stereocenters. The van der Waals surface area contributed by atoms with Crippen LogP contribution >= 0.6 is 23.2 Å².